The van der Waals surface area contributed by atoms with Gasteiger partial charge in [0.05, 0.1) is 18.3 Å². The van der Waals surface area contributed by atoms with Gasteiger partial charge in [-0.05, 0) is 61.9 Å². The fourth-order valence-electron chi connectivity index (χ4n) is 2.94. The van der Waals surface area contributed by atoms with E-state index in [1.807, 2.05) is 49.0 Å². The number of aromatic nitrogens is 2. The summed E-state index contributed by atoms with van der Waals surface area (Å²) in [6, 6.07) is 15.7. The molecule has 9 heteroatoms. The van der Waals surface area contributed by atoms with E-state index in [1.165, 1.54) is 24.3 Å². The average molecular weight is 553 g/mol. The van der Waals surface area contributed by atoms with Gasteiger partial charge in [-0.3, -0.25) is 4.99 Å². The van der Waals surface area contributed by atoms with E-state index in [4.69, 9.17) is 4.74 Å². The lowest BCUT2D eigenvalue weighted by Gasteiger charge is -2.19. The molecular weight excluding hydrogens is 524 g/mol. The number of aliphatic hydroxyl groups is 1. The van der Waals surface area contributed by atoms with Crippen LogP contribution in [0.25, 0.3) is 5.69 Å². The minimum absolute atomic E-state index is 0. The number of ether oxygens (including phenoxy) is 1. The molecule has 2 unspecified atom stereocenters. The van der Waals surface area contributed by atoms with Gasteiger partial charge in [0.15, 0.2) is 5.96 Å². The van der Waals surface area contributed by atoms with Crippen LogP contribution in [0.4, 0.5) is 4.39 Å². The maximum absolute atomic E-state index is 12.9. The lowest BCUT2D eigenvalue weighted by atomic mass is 10.1. The third-order valence-corrected chi connectivity index (χ3v) is 4.55. The molecule has 3 rings (SSSR count). The molecule has 2 aromatic carbocycles. The van der Waals surface area contributed by atoms with Crippen molar-refractivity contribution in [2.24, 2.45) is 4.99 Å². The van der Waals surface area contributed by atoms with Crippen molar-refractivity contribution in [2.45, 2.75) is 26.0 Å². The monoisotopic (exact) mass is 553 g/mol. The number of guanidine groups is 1. The lowest BCUT2D eigenvalue weighted by molar-refractivity contribution is 0.114. The largest absolute Gasteiger partial charge is 0.491 e. The van der Waals surface area contributed by atoms with Crippen LogP contribution in [0.3, 0.4) is 0 Å². The van der Waals surface area contributed by atoms with E-state index >= 15 is 0 Å². The van der Waals surface area contributed by atoms with Crippen molar-refractivity contribution in [1.29, 1.82) is 0 Å². The zero-order valence-electron chi connectivity index (χ0n) is 18.1. The van der Waals surface area contributed by atoms with Gasteiger partial charge >= 0.3 is 0 Å². The number of nitrogens with zero attached hydrogens (tertiary/aromatic N) is 3. The fourth-order valence-corrected chi connectivity index (χ4v) is 2.94. The normalized spacial score (nSPS) is 13.1. The van der Waals surface area contributed by atoms with Crippen LogP contribution in [0.1, 0.15) is 25.5 Å². The maximum atomic E-state index is 12.9. The summed E-state index contributed by atoms with van der Waals surface area (Å²) in [5.74, 6) is 0.767. The molecule has 3 N–H and O–H groups in total. The van der Waals surface area contributed by atoms with E-state index in [2.05, 4.69) is 26.8 Å². The quantitative estimate of drug-likeness (QED) is 0.214. The number of halogens is 2. The van der Waals surface area contributed by atoms with E-state index in [0.29, 0.717) is 18.3 Å². The van der Waals surface area contributed by atoms with Crippen molar-refractivity contribution in [3.63, 3.8) is 0 Å². The molecule has 0 spiro atoms. The Balaban J connectivity index is 0.00000363. The first kappa shape index (κ1) is 25.6. The van der Waals surface area contributed by atoms with Gasteiger partial charge in [-0.2, -0.15) is 5.10 Å². The third kappa shape index (κ3) is 7.79. The van der Waals surface area contributed by atoms with Crippen LogP contribution in [0, 0.1) is 5.82 Å². The van der Waals surface area contributed by atoms with Crippen LogP contribution in [-0.2, 0) is 0 Å². The van der Waals surface area contributed by atoms with Crippen molar-refractivity contribution >= 4 is 29.9 Å². The molecule has 7 nitrogen and oxygen atoms in total. The van der Waals surface area contributed by atoms with Crippen LogP contribution in [0.5, 0.6) is 5.75 Å². The summed E-state index contributed by atoms with van der Waals surface area (Å²) in [4.78, 5) is 4.46. The number of nitrogens with one attached hydrogen (secondary N) is 2. The molecule has 32 heavy (non-hydrogen) atoms. The number of aliphatic imine (C=N–C) groups is 1. The summed E-state index contributed by atoms with van der Waals surface area (Å²) in [5, 5.41) is 21.0. The Morgan fingerprint density at radius 1 is 1.22 bits per heavy atom. The SMILES string of the molecule is CCNC(=NCC(O)COc1ccc(F)cc1)NC(C)c1cccc(-n2cccn2)c1.I. The van der Waals surface area contributed by atoms with Crippen LogP contribution in [-0.4, -0.2) is 46.6 Å². The van der Waals surface area contributed by atoms with Crippen molar-refractivity contribution in [3.8, 4) is 11.4 Å². The second kappa shape index (κ2) is 13.0. The van der Waals surface area contributed by atoms with Crippen molar-refractivity contribution in [2.75, 3.05) is 19.7 Å². The number of rotatable bonds is 9. The second-order valence-electron chi connectivity index (χ2n) is 7.05. The highest BCUT2D eigenvalue weighted by molar-refractivity contribution is 14.0. The first-order valence-corrected chi connectivity index (χ1v) is 10.3. The third-order valence-electron chi connectivity index (χ3n) is 4.55. The molecule has 3 aromatic rings. The Hall–Kier alpha value is -2.66. The van der Waals surface area contributed by atoms with E-state index in [-0.39, 0.29) is 49.0 Å². The van der Waals surface area contributed by atoms with Gasteiger partial charge in [0.25, 0.3) is 0 Å². The van der Waals surface area contributed by atoms with E-state index in [0.717, 1.165) is 11.3 Å². The van der Waals surface area contributed by atoms with Gasteiger partial charge in [0.1, 0.15) is 24.3 Å². The zero-order chi connectivity index (χ0) is 22.1. The zero-order valence-corrected chi connectivity index (χ0v) is 20.4. The fraction of sp³-hybridized carbons (Fsp3) is 0.304. The molecule has 0 aliphatic carbocycles. The molecule has 0 saturated heterocycles. The van der Waals surface area contributed by atoms with Gasteiger partial charge in [0, 0.05) is 18.9 Å². The predicted molar refractivity (Wildman–Crippen MR) is 134 cm³/mol. The first-order valence-electron chi connectivity index (χ1n) is 10.3. The Kier molecular flexibility index (Phi) is 10.4. The molecular formula is C23H29FIN5O2. The second-order valence-corrected chi connectivity index (χ2v) is 7.05. The van der Waals surface area contributed by atoms with Crippen LogP contribution >= 0.6 is 24.0 Å². The summed E-state index contributed by atoms with van der Waals surface area (Å²) in [5.41, 5.74) is 2.06. The lowest BCUT2D eigenvalue weighted by Crippen LogP contribution is -2.39. The summed E-state index contributed by atoms with van der Waals surface area (Å²) in [6.45, 7) is 4.94. The molecule has 172 valence electrons. The molecule has 0 bridgehead atoms. The van der Waals surface area contributed by atoms with E-state index in [1.54, 1.807) is 6.20 Å². The number of aliphatic hydroxyl groups excluding tert-OH is 1. The van der Waals surface area contributed by atoms with Gasteiger partial charge in [-0.1, -0.05) is 12.1 Å². The van der Waals surface area contributed by atoms with E-state index < -0.39 is 6.10 Å². The van der Waals surface area contributed by atoms with Crippen LogP contribution in [0.15, 0.2) is 72.0 Å². The molecule has 0 amide bonds. The Morgan fingerprint density at radius 3 is 2.69 bits per heavy atom. The first-order chi connectivity index (χ1) is 15.0. The highest BCUT2D eigenvalue weighted by Gasteiger charge is 2.11. The maximum Gasteiger partial charge on any atom is 0.191 e. The van der Waals surface area contributed by atoms with Crippen molar-refractivity contribution in [1.82, 2.24) is 20.4 Å². The summed E-state index contributed by atoms with van der Waals surface area (Å²) < 4.78 is 20.2. The topological polar surface area (TPSA) is 83.7 Å². The van der Waals surface area contributed by atoms with Gasteiger partial charge in [0.2, 0.25) is 0 Å². The van der Waals surface area contributed by atoms with Gasteiger partial charge in [-0.15, -0.1) is 24.0 Å². The minimum Gasteiger partial charge on any atom is -0.491 e. The molecule has 1 heterocycles. The Bertz CT molecular complexity index is 967. The molecule has 0 aliphatic heterocycles. The predicted octanol–water partition coefficient (Wildman–Crippen LogP) is 3.69. The molecule has 0 radical (unpaired) electrons. The average Bonchev–Trinajstić information content (AvgIpc) is 3.32. The van der Waals surface area contributed by atoms with E-state index in [9.17, 15) is 9.50 Å². The number of hydrogen-bond donors (Lipinski definition) is 3. The Labute approximate surface area is 204 Å². The molecule has 0 aliphatic rings. The van der Waals surface area contributed by atoms with Crippen molar-refractivity contribution in [3.05, 3.63) is 78.4 Å². The van der Waals surface area contributed by atoms with Gasteiger partial charge in [-0.25, -0.2) is 9.07 Å². The smallest absolute Gasteiger partial charge is 0.191 e. The highest BCUT2D eigenvalue weighted by atomic mass is 127. The van der Waals surface area contributed by atoms with Gasteiger partial charge < -0.3 is 20.5 Å². The number of hydrogen-bond acceptors (Lipinski definition) is 4. The highest BCUT2D eigenvalue weighted by Crippen LogP contribution is 2.16. The molecule has 0 saturated carbocycles. The Morgan fingerprint density at radius 2 is 2.00 bits per heavy atom. The summed E-state index contributed by atoms with van der Waals surface area (Å²) in [7, 11) is 0. The number of benzene rings is 2. The molecule has 2 atom stereocenters. The minimum atomic E-state index is -0.793. The van der Waals surface area contributed by atoms with Crippen LogP contribution < -0.4 is 15.4 Å². The summed E-state index contributed by atoms with van der Waals surface area (Å²) in [6.07, 6.45) is 2.85. The summed E-state index contributed by atoms with van der Waals surface area (Å²) >= 11 is 0. The van der Waals surface area contributed by atoms with Crippen molar-refractivity contribution < 1.29 is 14.2 Å². The van der Waals surface area contributed by atoms with Crippen LogP contribution in [0.2, 0.25) is 0 Å². The molecule has 1 aromatic heterocycles. The molecule has 0 fully saturated rings. The standard InChI is InChI=1S/C23H28FN5O2.HI/c1-3-25-23(26-15-21(30)16-31-22-10-8-19(24)9-11-22)28-17(2)18-6-4-7-20(14-18)29-13-5-12-27-29;/h4-14,17,21,30H,3,15-16H2,1-2H3,(H2,25,26,28);1H.